The molecule has 12 heavy (non-hydrogen) atoms. The van der Waals surface area contributed by atoms with Gasteiger partial charge in [-0.3, -0.25) is 4.79 Å². The van der Waals surface area contributed by atoms with Gasteiger partial charge in [0.15, 0.2) is 0 Å². The lowest BCUT2D eigenvalue weighted by atomic mass is 10.2. The Bertz CT molecular complexity index is 148. The largest absolute Gasteiger partial charge is 0.393 e. The lowest BCUT2D eigenvalue weighted by molar-refractivity contribution is -0.129. The van der Waals surface area contributed by atoms with Crippen LogP contribution in [0.15, 0.2) is 0 Å². The normalized spacial score (nSPS) is 15.4. The Labute approximate surface area is 79.2 Å². The van der Waals surface area contributed by atoms with Crippen LogP contribution in [0.3, 0.4) is 0 Å². The van der Waals surface area contributed by atoms with Crippen molar-refractivity contribution in [2.75, 3.05) is 13.6 Å². The number of nitrogens with zero attached hydrogens (tertiary/aromatic N) is 1. The molecule has 0 bridgehead atoms. The number of thiol groups is 1. The molecular weight excluding hydrogens is 174 g/mol. The number of hydrogen-bond donors (Lipinski definition) is 2. The summed E-state index contributed by atoms with van der Waals surface area (Å²) in [6.07, 6.45) is 0.262. The highest BCUT2D eigenvalue weighted by Gasteiger charge is 2.13. The zero-order valence-electron chi connectivity index (χ0n) is 7.82. The van der Waals surface area contributed by atoms with Gasteiger partial charge in [-0.1, -0.05) is 0 Å². The van der Waals surface area contributed by atoms with Gasteiger partial charge < -0.3 is 10.0 Å². The average Bonchev–Trinajstić information content (AvgIpc) is 1.98. The fraction of sp³-hybridized carbons (Fsp3) is 0.875. The van der Waals surface area contributed by atoms with Crippen LogP contribution in [0.25, 0.3) is 0 Å². The fourth-order valence-corrected chi connectivity index (χ4v) is 1.01. The molecule has 72 valence electrons. The van der Waals surface area contributed by atoms with Crippen molar-refractivity contribution in [2.45, 2.75) is 31.6 Å². The Hall–Kier alpha value is -0.220. The second-order valence-corrected chi connectivity index (χ2v) is 3.85. The maximum atomic E-state index is 11.2. The number of hydrogen-bond acceptors (Lipinski definition) is 3. The van der Waals surface area contributed by atoms with E-state index >= 15 is 0 Å². The molecule has 0 aromatic heterocycles. The summed E-state index contributed by atoms with van der Waals surface area (Å²) in [5, 5.41) is 8.70. The van der Waals surface area contributed by atoms with Crippen molar-refractivity contribution in [1.29, 1.82) is 0 Å². The van der Waals surface area contributed by atoms with E-state index in [4.69, 9.17) is 5.11 Å². The van der Waals surface area contributed by atoms with Crippen LogP contribution in [-0.4, -0.2) is 40.9 Å². The van der Waals surface area contributed by atoms with Gasteiger partial charge in [-0.2, -0.15) is 12.6 Å². The van der Waals surface area contributed by atoms with Crippen molar-refractivity contribution >= 4 is 18.5 Å². The van der Waals surface area contributed by atoms with Gasteiger partial charge in [-0.15, -0.1) is 0 Å². The van der Waals surface area contributed by atoms with Gasteiger partial charge >= 0.3 is 0 Å². The molecule has 4 heteroatoms. The molecule has 0 saturated heterocycles. The number of amides is 1. The molecule has 0 rings (SSSR count). The first kappa shape index (κ1) is 11.8. The van der Waals surface area contributed by atoms with Gasteiger partial charge in [0.25, 0.3) is 0 Å². The molecule has 2 atom stereocenters. The maximum Gasteiger partial charge on any atom is 0.234 e. The van der Waals surface area contributed by atoms with Crippen LogP contribution in [0.5, 0.6) is 0 Å². The van der Waals surface area contributed by atoms with Gasteiger partial charge in [-0.25, -0.2) is 0 Å². The van der Waals surface area contributed by atoms with Gasteiger partial charge in [0.05, 0.1) is 11.4 Å². The quantitative estimate of drug-likeness (QED) is 0.637. The molecule has 0 radical (unpaired) electrons. The molecule has 0 aliphatic heterocycles. The first-order chi connectivity index (χ1) is 5.45. The molecule has 0 aromatic rings. The molecule has 1 N–H and O–H groups in total. The lowest BCUT2D eigenvalue weighted by Gasteiger charge is -2.19. The molecule has 1 amide bonds. The monoisotopic (exact) mass is 191 g/mol. The van der Waals surface area contributed by atoms with Crippen LogP contribution < -0.4 is 0 Å². The molecule has 0 aliphatic rings. The SMILES string of the molecule is CC(O)CCN(C)C(=O)C(C)S. The second-order valence-electron chi connectivity index (χ2n) is 3.07. The number of rotatable bonds is 4. The summed E-state index contributed by atoms with van der Waals surface area (Å²) < 4.78 is 0. The Morgan fingerprint density at radius 2 is 2.08 bits per heavy atom. The van der Waals surface area contributed by atoms with E-state index in [2.05, 4.69) is 12.6 Å². The second kappa shape index (κ2) is 5.43. The van der Waals surface area contributed by atoms with Crippen molar-refractivity contribution in [3.05, 3.63) is 0 Å². The van der Waals surface area contributed by atoms with Crippen molar-refractivity contribution < 1.29 is 9.90 Å². The van der Waals surface area contributed by atoms with E-state index < -0.39 is 0 Å². The standard InChI is InChI=1S/C8H17NO2S/c1-6(10)4-5-9(3)8(11)7(2)12/h6-7,10,12H,4-5H2,1-3H3. The van der Waals surface area contributed by atoms with Crippen LogP contribution >= 0.6 is 12.6 Å². The Balaban J connectivity index is 3.72. The number of carbonyl (C=O) groups excluding carboxylic acids is 1. The molecule has 0 fully saturated rings. The van der Waals surface area contributed by atoms with Gasteiger partial charge in [-0.05, 0) is 20.3 Å². The van der Waals surface area contributed by atoms with E-state index in [0.29, 0.717) is 13.0 Å². The molecule has 3 nitrogen and oxygen atoms in total. The van der Waals surface area contributed by atoms with Crippen LogP contribution in [0.1, 0.15) is 20.3 Å². The average molecular weight is 191 g/mol. The molecular formula is C8H17NO2S. The minimum absolute atomic E-state index is 0.000941. The van der Waals surface area contributed by atoms with E-state index in [1.54, 1.807) is 25.8 Å². The van der Waals surface area contributed by atoms with Crippen LogP contribution in [0.2, 0.25) is 0 Å². The zero-order valence-corrected chi connectivity index (χ0v) is 8.71. The van der Waals surface area contributed by atoms with Crippen molar-refractivity contribution in [3.63, 3.8) is 0 Å². The summed E-state index contributed by atoms with van der Waals surface area (Å²) in [6.45, 7) is 4.04. The van der Waals surface area contributed by atoms with Crippen molar-refractivity contribution in [3.8, 4) is 0 Å². The smallest absolute Gasteiger partial charge is 0.234 e. The summed E-state index contributed by atoms with van der Waals surface area (Å²) in [7, 11) is 1.72. The topological polar surface area (TPSA) is 40.5 Å². The predicted molar refractivity (Wildman–Crippen MR) is 52.4 cm³/mol. The summed E-state index contributed by atoms with van der Waals surface area (Å²) in [4.78, 5) is 12.8. The third-order valence-corrected chi connectivity index (χ3v) is 1.84. The first-order valence-electron chi connectivity index (χ1n) is 4.06. The Morgan fingerprint density at radius 3 is 2.42 bits per heavy atom. The van der Waals surface area contributed by atoms with E-state index in [1.807, 2.05) is 0 Å². The summed E-state index contributed by atoms with van der Waals surface area (Å²) >= 11 is 4.02. The molecule has 0 heterocycles. The van der Waals surface area contributed by atoms with E-state index in [0.717, 1.165) is 0 Å². The third kappa shape index (κ3) is 4.62. The van der Waals surface area contributed by atoms with Crippen LogP contribution in [0.4, 0.5) is 0 Å². The van der Waals surface area contributed by atoms with E-state index in [-0.39, 0.29) is 17.3 Å². The highest BCUT2D eigenvalue weighted by atomic mass is 32.1. The lowest BCUT2D eigenvalue weighted by Crippen LogP contribution is -2.34. The molecule has 0 aliphatic carbocycles. The Morgan fingerprint density at radius 1 is 1.58 bits per heavy atom. The van der Waals surface area contributed by atoms with Crippen molar-refractivity contribution in [2.24, 2.45) is 0 Å². The first-order valence-corrected chi connectivity index (χ1v) is 4.58. The van der Waals surface area contributed by atoms with Gasteiger partial charge in [0.1, 0.15) is 0 Å². The third-order valence-electron chi connectivity index (χ3n) is 1.62. The maximum absolute atomic E-state index is 11.2. The summed E-state index contributed by atoms with van der Waals surface area (Å²) in [6, 6.07) is 0. The predicted octanol–water partition coefficient (Wildman–Crippen LogP) is 0.534. The minimum Gasteiger partial charge on any atom is -0.393 e. The number of carbonyl (C=O) groups is 1. The highest BCUT2D eigenvalue weighted by Crippen LogP contribution is 2.00. The van der Waals surface area contributed by atoms with E-state index in [9.17, 15) is 4.79 Å². The van der Waals surface area contributed by atoms with Gasteiger partial charge in [0, 0.05) is 13.6 Å². The van der Waals surface area contributed by atoms with Crippen molar-refractivity contribution in [1.82, 2.24) is 4.90 Å². The van der Waals surface area contributed by atoms with Gasteiger partial charge in [0.2, 0.25) is 5.91 Å². The van der Waals surface area contributed by atoms with Crippen LogP contribution in [0, 0.1) is 0 Å². The molecule has 0 spiro atoms. The van der Waals surface area contributed by atoms with Crippen LogP contribution in [-0.2, 0) is 4.79 Å². The summed E-state index contributed by atoms with van der Waals surface area (Å²) in [5.41, 5.74) is 0. The minimum atomic E-state index is -0.351. The fourth-order valence-electron chi connectivity index (χ4n) is 0.810. The highest BCUT2D eigenvalue weighted by molar-refractivity contribution is 7.81. The molecule has 2 unspecified atom stereocenters. The number of aliphatic hydroxyl groups is 1. The molecule has 0 saturated carbocycles. The number of aliphatic hydroxyl groups excluding tert-OH is 1. The van der Waals surface area contributed by atoms with E-state index in [1.165, 1.54) is 0 Å². The Kier molecular flexibility index (Phi) is 5.33. The molecule has 0 aromatic carbocycles. The zero-order chi connectivity index (χ0) is 9.72. The summed E-state index contributed by atoms with van der Waals surface area (Å²) in [5.74, 6) is -0.000941.